The van der Waals surface area contributed by atoms with Crippen LogP contribution in [0, 0.1) is 0 Å². The average molecular weight is 416 g/mol. The third kappa shape index (κ3) is 4.46. The normalized spacial score (nSPS) is 10.5. The van der Waals surface area contributed by atoms with Gasteiger partial charge < -0.3 is 14.6 Å². The molecule has 21 heavy (non-hydrogen) atoms. The number of ether oxygens (including phenoxy) is 2. The molecule has 2 aromatic carbocycles. The van der Waals surface area contributed by atoms with E-state index in [1.807, 2.05) is 37.3 Å². The third-order valence-electron chi connectivity index (χ3n) is 2.89. The van der Waals surface area contributed by atoms with Crippen molar-refractivity contribution < 1.29 is 14.6 Å². The molecule has 0 atom stereocenters. The van der Waals surface area contributed by atoms with Gasteiger partial charge in [-0.25, -0.2) is 0 Å². The molecule has 0 bridgehead atoms. The molecule has 0 radical (unpaired) electrons. The molecule has 0 heterocycles. The number of aliphatic hydroxyl groups excluding tert-OH is 1. The molecule has 0 unspecified atom stereocenters. The summed E-state index contributed by atoms with van der Waals surface area (Å²) < 4.78 is 13.3. The SMILES string of the molecule is CCOc1cc(CO)c(Br)cc1OCc1ccc(Br)cc1. The van der Waals surface area contributed by atoms with E-state index in [2.05, 4.69) is 31.9 Å². The van der Waals surface area contributed by atoms with Gasteiger partial charge in [-0.2, -0.15) is 0 Å². The van der Waals surface area contributed by atoms with Crippen LogP contribution in [-0.4, -0.2) is 11.7 Å². The first-order valence-corrected chi connectivity index (χ1v) is 8.16. The summed E-state index contributed by atoms with van der Waals surface area (Å²) in [6, 6.07) is 11.6. The highest BCUT2D eigenvalue weighted by Crippen LogP contribution is 2.34. The molecule has 0 aromatic heterocycles. The molecule has 1 N–H and O–H groups in total. The van der Waals surface area contributed by atoms with Crippen molar-refractivity contribution >= 4 is 31.9 Å². The van der Waals surface area contributed by atoms with E-state index in [1.165, 1.54) is 0 Å². The van der Waals surface area contributed by atoms with Crippen molar-refractivity contribution in [2.45, 2.75) is 20.1 Å². The van der Waals surface area contributed by atoms with Crippen LogP contribution in [0.2, 0.25) is 0 Å². The second-order valence-corrected chi connectivity index (χ2v) is 6.17. The molecule has 2 rings (SSSR count). The Hall–Kier alpha value is -1.04. The van der Waals surface area contributed by atoms with Gasteiger partial charge >= 0.3 is 0 Å². The van der Waals surface area contributed by atoms with Crippen LogP contribution in [0.5, 0.6) is 11.5 Å². The van der Waals surface area contributed by atoms with E-state index >= 15 is 0 Å². The van der Waals surface area contributed by atoms with Gasteiger partial charge in [-0.1, -0.05) is 44.0 Å². The standard InChI is InChI=1S/C16H16Br2O3/c1-2-20-15-7-12(9-19)14(18)8-16(15)21-10-11-3-5-13(17)6-4-11/h3-8,19H,2,9-10H2,1H3. The molecule has 0 saturated heterocycles. The Morgan fingerprint density at radius 1 is 1.00 bits per heavy atom. The largest absolute Gasteiger partial charge is 0.490 e. The number of aliphatic hydroxyl groups is 1. The predicted molar refractivity (Wildman–Crippen MR) is 89.7 cm³/mol. The van der Waals surface area contributed by atoms with Crippen molar-refractivity contribution in [3.63, 3.8) is 0 Å². The van der Waals surface area contributed by atoms with Gasteiger partial charge in [0.05, 0.1) is 13.2 Å². The predicted octanol–water partition coefficient (Wildman–Crippen LogP) is 4.68. The maximum atomic E-state index is 9.31. The number of rotatable bonds is 6. The smallest absolute Gasteiger partial charge is 0.162 e. The van der Waals surface area contributed by atoms with Crippen molar-refractivity contribution in [3.8, 4) is 11.5 Å². The molecular weight excluding hydrogens is 400 g/mol. The first kappa shape index (κ1) is 16.3. The molecule has 0 amide bonds. The van der Waals surface area contributed by atoms with Crippen LogP contribution in [0.15, 0.2) is 45.3 Å². The van der Waals surface area contributed by atoms with E-state index in [0.29, 0.717) is 24.7 Å². The monoisotopic (exact) mass is 414 g/mol. The summed E-state index contributed by atoms with van der Waals surface area (Å²) in [5, 5.41) is 9.31. The Bertz CT molecular complexity index is 597. The van der Waals surface area contributed by atoms with Crippen LogP contribution in [0.25, 0.3) is 0 Å². The van der Waals surface area contributed by atoms with Gasteiger partial charge in [-0.05, 0) is 42.3 Å². The van der Waals surface area contributed by atoms with E-state index in [4.69, 9.17) is 9.47 Å². The first-order chi connectivity index (χ1) is 10.1. The van der Waals surface area contributed by atoms with Crippen molar-refractivity contribution in [3.05, 3.63) is 56.5 Å². The fourth-order valence-corrected chi connectivity index (χ4v) is 2.53. The number of benzene rings is 2. The van der Waals surface area contributed by atoms with Crippen molar-refractivity contribution in [1.82, 2.24) is 0 Å². The highest BCUT2D eigenvalue weighted by Gasteiger charge is 2.10. The second kappa shape index (κ2) is 7.82. The minimum Gasteiger partial charge on any atom is -0.490 e. The first-order valence-electron chi connectivity index (χ1n) is 6.57. The molecule has 2 aromatic rings. The lowest BCUT2D eigenvalue weighted by atomic mass is 10.2. The van der Waals surface area contributed by atoms with Crippen LogP contribution >= 0.6 is 31.9 Å². The highest BCUT2D eigenvalue weighted by atomic mass is 79.9. The summed E-state index contributed by atoms with van der Waals surface area (Å²) in [4.78, 5) is 0. The lowest BCUT2D eigenvalue weighted by Crippen LogP contribution is -2.01. The summed E-state index contributed by atoms with van der Waals surface area (Å²) in [5.41, 5.74) is 1.84. The van der Waals surface area contributed by atoms with E-state index in [-0.39, 0.29) is 6.61 Å². The highest BCUT2D eigenvalue weighted by molar-refractivity contribution is 9.10. The van der Waals surface area contributed by atoms with E-state index < -0.39 is 0 Å². The van der Waals surface area contributed by atoms with Crippen LogP contribution in [0.1, 0.15) is 18.1 Å². The van der Waals surface area contributed by atoms with E-state index in [1.54, 1.807) is 6.07 Å². The quantitative estimate of drug-likeness (QED) is 0.744. The maximum absolute atomic E-state index is 9.31. The van der Waals surface area contributed by atoms with Crippen molar-refractivity contribution in [1.29, 1.82) is 0 Å². The van der Waals surface area contributed by atoms with Gasteiger partial charge in [0.15, 0.2) is 11.5 Å². The van der Waals surface area contributed by atoms with Gasteiger partial charge in [-0.3, -0.25) is 0 Å². The van der Waals surface area contributed by atoms with E-state index in [9.17, 15) is 5.11 Å². The Morgan fingerprint density at radius 2 is 1.67 bits per heavy atom. The molecule has 112 valence electrons. The molecule has 0 fully saturated rings. The summed E-state index contributed by atoms with van der Waals surface area (Å²) in [7, 11) is 0. The molecule has 5 heteroatoms. The van der Waals surface area contributed by atoms with Crippen molar-refractivity contribution in [2.75, 3.05) is 6.61 Å². The minimum atomic E-state index is -0.0480. The summed E-state index contributed by atoms with van der Waals surface area (Å²) >= 11 is 6.83. The fourth-order valence-electron chi connectivity index (χ4n) is 1.82. The molecular formula is C16H16Br2O3. The summed E-state index contributed by atoms with van der Waals surface area (Å²) in [6.07, 6.45) is 0. The zero-order chi connectivity index (χ0) is 15.2. The van der Waals surface area contributed by atoms with Gasteiger partial charge in [0.2, 0.25) is 0 Å². The lowest BCUT2D eigenvalue weighted by molar-refractivity contribution is 0.263. The van der Waals surface area contributed by atoms with Gasteiger partial charge in [0, 0.05) is 8.95 Å². The molecule has 3 nitrogen and oxygen atoms in total. The van der Waals surface area contributed by atoms with Crippen LogP contribution in [-0.2, 0) is 13.2 Å². The maximum Gasteiger partial charge on any atom is 0.162 e. The molecule has 0 saturated carbocycles. The lowest BCUT2D eigenvalue weighted by Gasteiger charge is -2.14. The Balaban J connectivity index is 2.17. The number of hydrogen-bond acceptors (Lipinski definition) is 3. The summed E-state index contributed by atoms with van der Waals surface area (Å²) in [5.74, 6) is 1.30. The number of halogens is 2. The zero-order valence-electron chi connectivity index (χ0n) is 11.6. The van der Waals surface area contributed by atoms with Crippen LogP contribution in [0.4, 0.5) is 0 Å². The molecule has 0 aliphatic rings. The van der Waals surface area contributed by atoms with Crippen LogP contribution < -0.4 is 9.47 Å². The Kier molecular flexibility index (Phi) is 6.08. The number of hydrogen-bond donors (Lipinski definition) is 1. The Labute approximate surface area is 141 Å². The van der Waals surface area contributed by atoms with Gasteiger partial charge in [0.25, 0.3) is 0 Å². The molecule has 0 spiro atoms. The average Bonchev–Trinajstić information content (AvgIpc) is 2.49. The van der Waals surface area contributed by atoms with E-state index in [0.717, 1.165) is 20.1 Å². The van der Waals surface area contributed by atoms with Gasteiger partial charge in [-0.15, -0.1) is 0 Å². The second-order valence-electron chi connectivity index (χ2n) is 4.40. The molecule has 0 aliphatic carbocycles. The third-order valence-corrected chi connectivity index (χ3v) is 4.16. The molecule has 0 aliphatic heterocycles. The Morgan fingerprint density at radius 3 is 2.29 bits per heavy atom. The minimum absolute atomic E-state index is 0.0480. The van der Waals surface area contributed by atoms with Crippen LogP contribution in [0.3, 0.4) is 0 Å². The van der Waals surface area contributed by atoms with Gasteiger partial charge in [0.1, 0.15) is 6.61 Å². The zero-order valence-corrected chi connectivity index (χ0v) is 14.8. The van der Waals surface area contributed by atoms with Crippen molar-refractivity contribution in [2.24, 2.45) is 0 Å². The topological polar surface area (TPSA) is 38.7 Å². The fraction of sp³-hybridized carbons (Fsp3) is 0.250. The summed E-state index contributed by atoms with van der Waals surface area (Å²) in [6.45, 7) is 2.87.